The van der Waals surface area contributed by atoms with Crippen LogP contribution in [0.4, 0.5) is 10.8 Å². The molecule has 0 bridgehead atoms. The molecule has 2 rings (SSSR count). The minimum Gasteiger partial charge on any atom is -0.350 e. The van der Waals surface area contributed by atoms with E-state index in [-0.39, 0.29) is 17.9 Å². The van der Waals surface area contributed by atoms with Crippen LogP contribution in [0.25, 0.3) is 6.08 Å². The van der Waals surface area contributed by atoms with Crippen LogP contribution < -0.4 is 10.2 Å². The van der Waals surface area contributed by atoms with Gasteiger partial charge in [0.2, 0.25) is 11.8 Å². The van der Waals surface area contributed by atoms with Crippen molar-refractivity contribution in [2.24, 2.45) is 5.92 Å². The van der Waals surface area contributed by atoms with E-state index in [0.717, 1.165) is 18.5 Å². The van der Waals surface area contributed by atoms with E-state index in [9.17, 15) is 9.59 Å². The van der Waals surface area contributed by atoms with Gasteiger partial charge in [-0.2, -0.15) is 0 Å². The number of rotatable bonds is 9. The highest BCUT2D eigenvalue weighted by Gasteiger charge is 2.17. The number of hydrogen-bond donors (Lipinski definition) is 1. The van der Waals surface area contributed by atoms with Crippen molar-refractivity contribution in [3.63, 3.8) is 0 Å². The second-order valence-electron chi connectivity index (χ2n) is 7.31. The summed E-state index contributed by atoms with van der Waals surface area (Å²) in [5, 5.41) is 5.40. The maximum atomic E-state index is 12.1. The third-order valence-corrected chi connectivity index (χ3v) is 5.09. The van der Waals surface area contributed by atoms with Gasteiger partial charge in [-0.3, -0.25) is 14.5 Å². The summed E-state index contributed by atoms with van der Waals surface area (Å²) in [4.78, 5) is 30.2. The van der Waals surface area contributed by atoms with E-state index in [4.69, 9.17) is 0 Å². The first-order valence-electron chi connectivity index (χ1n) is 9.66. The Labute approximate surface area is 171 Å². The second-order valence-corrected chi connectivity index (χ2v) is 8.15. The van der Waals surface area contributed by atoms with E-state index < -0.39 is 0 Å². The second kappa shape index (κ2) is 10.8. The van der Waals surface area contributed by atoms with Crippen LogP contribution in [0.2, 0.25) is 0 Å². The summed E-state index contributed by atoms with van der Waals surface area (Å²) >= 11 is 1.37. The van der Waals surface area contributed by atoms with E-state index in [0.29, 0.717) is 16.7 Å². The van der Waals surface area contributed by atoms with E-state index in [1.54, 1.807) is 11.0 Å². The smallest absolute Gasteiger partial charge is 0.244 e. The summed E-state index contributed by atoms with van der Waals surface area (Å²) in [6.45, 7) is 7.95. The summed E-state index contributed by atoms with van der Waals surface area (Å²) in [5.74, 6) is 0.453. The molecule has 2 amide bonds. The molecule has 2 aromatic rings. The Morgan fingerprint density at radius 2 is 1.89 bits per heavy atom. The summed E-state index contributed by atoms with van der Waals surface area (Å²) in [6, 6.07) is 9.55. The molecule has 0 fully saturated rings. The minimum atomic E-state index is -0.127. The Morgan fingerprint density at radius 3 is 2.54 bits per heavy atom. The average molecular weight is 400 g/mol. The Balaban J connectivity index is 1.96. The summed E-state index contributed by atoms with van der Waals surface area (Å²) in [6.07, 6.45) is 6.44. The van der Waals surface area contributed by atoms with E-state index in [2.05, 4.69) is 24.1 Å². The average Bonchev–Trinajstić information content (AvgIpc) is 3.09. The molecule has 0 aliphatic heterocycles. The molecule has 0 aliphatic rings. The van der Waals surface area contributed by atoms with Crippen LogP contribution in [0.15, 0.2) is 41.8 Å². The van der Waals surface area contributed by atoms with Gasteiger partial charge in [0, 0.05) is 24.4 Å². The largest absolute Gasteiger partial charge is 0.350 e. The Morgan fingerprint density at radius 1 is 1.18 bits per heavy atom. The number of carbonyl (C=O) groups excluding carboxylic acids is 2. The normalized spacial score (nSPS) is 12.3. The zero-order chi connectivity index (χ0) is 20.5. The fourth-order valence-corrected chi connectivity index (χ4v) is 3.67. The van der Waals surface area contributed by atoms with Crippen LogP contribution in [0.5, 0.6) is 0 Å². The van der Waals surface area contributed by atoms with Crippen LogP contribution >= 0.6 is 11.3 Å². The van der Waals surface area contributed by atoms with E-state index in [1.165, 1.54) is 30.8 Å². The summed E-state index contributed by atoms with van der Waals surface area (Å²) in [7, 11) is 0. The number of amides is 2. The summed E-state index contributed by atoms with van der Waals surface area (Å²) in [5.41, 5.74) is 1.43. The van der Waals surface area contributed by atoms with Gasteiger partial charge in [0.05, 0.1) is 11.4 Å². The fourth-order valence-electron chi connectivity index (χ4n) is 2.82. The molecule has 5 nitrogen and oxygen atoms in total. The lowest BCUT2D eigenvalue weighted by molar-refractivity contribution is -0.117. The number of nitrogens with zero attached hydrogens (tertiary/aromatic N) is 2. The van der Waals surface area contributed by atoms with Crippen molar-refractivity contribution in [1.82, 2.24) is 10.3 Å². The van der Waals surface area contributed by atoms with Gasteiger partial charge in [0.15, 0.2) is 5.13 Å². The van der Waals surface area contributed by atoms with Gasteiger partial charge in [-0.1, -0.05) is 44.9 Å². The van der Waals surface area contributed by atoms with Crippen molar-refractivity contribution >= 4 is 40.0 Å². The predicted molar refractivity (Wildman–Crippen MR) is 117 cm³/mol. The molecular weight excluding hydrogens is 370 g/mol. The number of benzene rings is 1. The molecule has 28 heavy (non-hydrogen) atoms. The van der Waals surface area contributed by atoms with Crippen molar-refractivity contribution in [2.45, 2.75) is 53.0 Å². The first-order valence-corrected chi connectivity index (χ1v) is 10.5. The minimum absolute atomic E-state index is 0.107. The first-order chi connectivity index (χ1) is 13.4. The molecule has 0 aliphatic carbocycles. The number of carbonyl (C=O) groups is 2. The van der Waals surface area contributed by atoms with E-state index in [1.807, 2.05) is 42.6 Å². The Hall–Kier alpha value is -2.47. The number of thiazole rings is 1. The lowest BCUT2D eigenvalue weighted by Crippen LogP contribution is -2.31. The lowest BCUT2D eigenvalue weighted by atomic mass is 10.0. The maximum absolute atomic E-state index is 12.1. The SMILES string of the molecule is CC(=O)N(c1ccccc1)c1nc(/C=C/C(=O)NC(C)CCCC(C)C)cs1. The van der Waals surface area contributed by atoms with Gasteiger partial charge in [-0.25, -0.2) is 4.98 Å². The molecule has 0 spiro atoms. The fraction of sp³-hybridized carbons (Fsp3) is 0.409. The van der Waals surface area contributed by atoms with Gasteiger partial charge in [-0.05, 0) is 37.5 Å². The highest BCUT2D eigenvalue weighted by Crippen LogP contribution is 2.28. The zero-order valence-electron chi connectivity index (χ0n) is 17.0. The van der Waals surface area contributed by atoms with Crippen LogP contribution in [0.1, 0.15) is 52.7 Å². The topological polar surface area (TPSA) is 62.3 Å². The first kappa shape index (κ1) is 21.8. The monoisotopic (exact) mass is 399 g/mol. The molecule has 1 N–H and O–H groups in total. The van der Waals surface area contributed by atoms with Crippen molar-refractivity contribution in [3.05, 3.63) is 47.5 Å². The van der Waals surface area contributed by atoms with E-state index >= 15 is 0 Å². The van der Waals surface area contributed by atoms with Gasteiger partial charge >= 0.3 is 0 Å². The number of para-hydroxylation sites is 1. The van der Waals surface area contributed by atoms with Crippen molar-refractivity contribution < 1.29 is 9.59 Å². The molecule has 0 saturated heterocycles. The van der Waals surface area contributed by atoms with Gasteiger partial charge < -0.3 is 5.32 Å². The third kappa shape index (κ3) is 6.93. The van der Waals surface area contributed by atoms with Gasteiger partial charge in [-0.15, -0.1) is 11.3 Å². The van der Waals surface area contributed by atoms with Crippen LogP contribution in [-0.2, 0) is 9.59 Å². The Bertz CT molecular complexity index is 799. The molecule has 6 heteroatoms. The van der Waals surface area contributed by atoms with Gasteiger partial charge in [0.1, 0.15) is 0 Å². The number of aromatic nitrogens is 1. The predicted octanol–water partition coefficient (Wildman–Crippen LogP) is 5.17. The molecule has 1 atom stereocenters. The standard InChI is InChI=1S/C22H29N3O2S/c1-16(2)9-8-10-17(3)23-21(27)14-13-19-15-28-22(24-19)25(18(4)26)20-11-6-5-7-12-20/h5-7,11-17H,8-10H2,1-4H3,(H,23,27)/b14-13+. The van der Waals surface area contributed by atoms with Crippen LogP contribution in [-0.4, -0.2) is 22.8 Å². The molecule has 1 heterocycles. The Kier molecular flexibility index (Phi) is 8.39. The van der Waals surface area contributed by atoms with Crippen molar-refractivity contribution in [2.75, 3.05) is 4.90 Å². The maximum Gasteiger partial charge on any atom is 0.244 e. The molecule has 150 valence electrons. The molecule has 1 unspecified atom stereocenters. The molecular formula is C22H29N3O2S. The molecule has 1 aromatic carbocycles. The lowest BCUT2D eigenvalue weighted by Gasteiger charge is -2.17. The third-order valence-electron chi connectivity index (χ3n) is 4.24. The number of anilines is 2. The zero-order valence-corrected chi connectivity index (χ0v) is 17.8. The van der Waals surface area contributed by atoms with Crippen molar-refractivity contribution in [1.29, 1.82) is 0 Å². The van der Waals surface area contributed by atoms with Crippen molar-refractivity contribution in [3.8, 4) is 0 Å². The molecule has 0 saturated carbocycles. The van der Waals surface area contributed by atoms with Crippen LogP contribution in [0.3, 0.4) is 0 Å². The summed E-state index contributed by atoms with van der Waals surface area (Å²) < 4.78 is 0. The highest BCUT2D eigenvalue weighted by molar-refractivity contribution is 7.14. The molecule has 1 aromatic heterocycles. The number of nitrogens with one attached hydrogen (secondary N) is 1. The van der Waals surface area contributed by atoms with Crippen LogP contribution in [0, 0.1) is 5.92 Å². The highest BCUT2D eigenvalue weighted by atomic mass is 32.1. The van der Waals surface area contributed by atoms with Gasteiger partial charge in [0.25, 0.3) is 0 Å². The number of hydrogen-bond acceptors (Lipinski definition) is 4. The quantitative estimate of drug-likeness (QED) is 0.592. The molecule has 0 radical (unpaired) electrons.